The molecule has 0 bridgehead atoms. The van der Waals surface area contributed by atoms with Gasteiger partial charge in [0.05, 0.1) is 29.3 Å². The number of H-pyrrole nitrogens is 1. The van der Waals surface area contributed by atoms with E-state index in [1.54, 1.807) is 17.5 Å². The van der Waals surface area contributed by atoms with Crippen LogP contribution in [-0.2, 0) is 23.4 Å². The van der Waals surface area contributed by atoms with Crippen molar-refractivity contribution in [1.82, 2.24) is 24.8 Å². The normalized spacial score (nSPS) is 21.0. The summed E-state index contributed by atoms with van der Waals surface area (Å²) >= 11 is 3.13. The number of carbonyl (C=O) groups excluding carboxylic acids is 1. The van der Waals surface area contributed by atoms with Gasteiger partial charge < -0.3 is 14.9 Å². The molecule has 29 heavy (non-hydrogen) atoms. The molecule has 2 atom stereocenters. The van der Waals surface area contributed by atoms with Crippen LogP contribution in [0.25, 0.3) is 10.2 Å². The summed E-state index contributed by atoms with van der Waals surface area (Å²) < 4.78 is 2.09. The summed E-state index contributed by atoms with van der Waals surface area (Å²) in [5.41, 5.74) is 1.16. The summed E-state index contributed by atoms with van der Waals surface area (Å²) in [6.45, 7) is 0. The highest BCUT2D eigenvalue weighted by molar-refractivity contribution is 7.99. The van der Waals surface area contributed by atoms with Crippen LogP contribution in [0.4, 0.5) is 0 Å². The smallest absolute Gasteiger partial charge is 0.259 e. The van der Waals surface area contributed by atoms with Crippen molar-refractivity contribution >= 4 is 39.2 Å². The Balaban J connectivity index is 1.18. The molecule has 1 fully saturated rings. The number of aryl methyl sites for hydroxylation is 2. The van der Waals surface area contributed by atoms with Crippen molar-refractivity contribution in [3.05, 3.63) is 45.3 Å². The molecular weight excluding hydrogens is 406 g/mol. The molecule has 152 valence electrons. The van der Waals surface area contributed by atoms with Crippen molar-refractivity contribution in [2.75, 3.05) is 5.75 Å². The maximum Gasteiger partial charge on any atom is 0.259 e. The summed E-state index contributed by atoms with van der Waals surface area (Å²) in [5.74, 6) is 1.56. The lowest BCUT2D eigenvalue weighted by molar-refractivity contribution is -0.119. The van der Waals surface area contributed by atoms with E-state index in [0.717, 1.165) is 48.7 Å². The van der Waals surface area contributed by atoms with Crippen molar-refractivity contribution in [1.29, 1.82) is 0 Å². The molecule has 0 aliphatic heterocycles. The van der Waals surface area contributed by atoms with Crippen LogP contribution in [0, 0.1) is 0 Å². The van der Waals surface area contributed by atoms with Crippen LogP contribution < -0.4 is 10.9 Å². The first-order valence-corrected chi connectivity index (χ1v) is 12.0. The number of aromatic amines is 1. The second-order valence-electron chi connectivity index (χ2n) is 7.73. The van der Waals surface area contributed by atoms with Crippen molar-refractivity contribution in [2.24, 2.45) is 0 Å². The number of hydrogen-bond donors (Lipinski definition) is 2. The number of amides is 1. The van der Waals surface area contributed by atoms with Gasteiger partial charge >= 0.3 is 0 Å². The Hall–Kier alpha value is -2.13. The van der Waals surface area contributed by atoms with E-state index < -0.39 is 0 Å². The van der Waals surface area contributed by atoms with E-state index in [4.69, 9.17) is 0 Å². The molecule has 1 amide bonds. The van der Waals surface area contributed by atoms with E-state index in [1.807, 2.05) is 12.5 Å². The molecule has 0 radical (unpaired) electrons. The summed E-state index contributed by atoms with van der Waals surface area (Å²) in [4.78, 5) is 38.8. The number of carbonyl (C=O) groups is 1. The van der Waals surface area contributed by atoms with Gasteiger partial charge in [0.15, 0.2) is 0 Å². The monoisotopic (exact) mass is 429 g/mol. The number of nitrogens with zero attached hydrogens (tertiary/aromatic N) is 3. The molecule has 3 heterocycles. The Morgan fingerprint density at radius 1 is 1.34 bits per heavy atom. The minimum absolute atomic E-state index is 0.0329. The number of aromatic nitrogens is 4. The summed E-state index contributed by atoms with van der Waals surface area (Å²) in [7, 11) is 0. The van der Waals surface area contributed by atoms with Crippen LogP contribution >= 0.6 is 23.1 Å². The quantitative estimate of drug-likeness (QED) is 0.629. The Bertz CT molecular complexity index is 1090. The third-order valence-electron chi connectivity index (χ3n) is 5.83. The zero-order valence-corrected chi connectivity index (χ0v) is 17.7. The number of thiophene rings is 1. The Morgan fingerprint density at radius 2 is 2.28 bits per heavy atom. The fourth-order valence-electron chi connectivity index (χ4n) is 4.54. The molecule has 2 aliphatic rings. The standard InChI is InChI=1S/C20H23N5O2S2/c26-17(22-13-4-2-5-14(13)25-8-7-21-11-25)10-28-9-16-23-19(27)18-12-3-1-6-15(12)29-20(18)24-16/h7-8,11,13-14H,1-6,9-10H2,(H,22,26)(H,23,24,27). The van der Waals surface area contributed by atoms with Gasteiger partial charge in [-0.1, -0.05) is 0 Å². The van der Waals surface area contributed by atoms with Gasteiger partial charge in [0.1, 0.15) is 10.7 Å². The first-order valence-electron chi connectivity index (χ1n) is 10.1. The maximum atomic E-state index is 12.5. The predicted molar refractivity (Wildman–Crippen MR) is 115 cm³/mol. The van der Waals surface area contributed by atoms with Crippen LogP contribution in [0.3, 0.4) is 0 Å². The molecule has 0 spiro atoms. The van der Waals surface area contributed by atoms with Crippen molar-refractivity contribution in [3.63, 3.8) is 0 Å². The third-order valence-corrected chi connectivity index (χ3v) is 7.96. The van der Waals surface area contributed by atoms with Gasteiger partial charge in [-0.05, 0) is 44.1 Å². The molecule has 1 saturated carbocycles. The number of nitrogens with one attached hydrogen (secondary N) is 2. The highest BCUT2D eigenvalue weighted by atomic mass is 32.2. The molecule has 3 aromatic heterocycles. The lowest BCUT2D eigenvalue weighted by Crippen LogP contribution is -2.39. The summed E-state index contributed by atoms with van der Waals surface area (Å²) in [5, 5.41) is 3.95. The van der Waals surface area contributed by atoms with Gasteiger partial charge in [-0.15, -0.1) is 23.1 Å². The maximum absolute atomic E-state index is 12.5. The van der Waals surface area contributed by atoms with E-state index in [9.17, 15) is 9.59 Å². The molecule has 9 heteroatoms. The van der Waals surface area contributed by atoms with Gasteiger partial charge in [-0.25, -0.2) is 9.97 Å². The van der Waals surface area contributed by atoms with Crippen LogP contribution in [0.15, 0.2) is 23.5 Å². The average molecular weight is 430 g/mol. The zero-order valence-electron chi connectivity index (χ0n) is 16.0. The first-order chi connectivity index (χ1) is 14.2. The van der Waals surface area contributed by atoms with E-state index in [2.05, 4.69) is 24.8 Å². The Labute approximate surface area is 176 Å². The number of thioether (sulfide) groups is 1. The van der Waals surface area contributed by atoms with E-state index in [1.165, 1.54) is 22.2 Å². The van der Waals surface area contributed by atoms with Crippen molar-refractivity contribution < 1.29 is 4.79 Å². The highest BCUT2D eigenvalue weighted by Crippen LogP contribution is 2.34. The zero-order chi connectivity index (χ0) is 19.8. The number of fused-ring (bicyclic) bond motifs is 3. The second-order valence-corrected chi connectivity index (χ2v) is 9.79. The number of imidazole rings is 1. The third kappa shape index (κ3) is 3.73. The largest absolute Gasteiger partial charge is 0.351 e. The molecule has 2 N–H and O–H groups in total. The van der Waals surface area contributed by atoms with E-state index in [-0.39, 0.29) is 23.6 Å². The van der Waals surface area contributed by atoms with Crippen LogP contribution in [0.2, 0.25) is 0 Å². The van der Waals surface area contributed by atoms with E-state index >= 15 is 0 Å². The van der Waals surface area contributed by atoms with Crippen LogP contribution in [-0.4, -0.2) is 37.2 Å². The highest BCUT2D eigenvalue weighted by Gasteiger charge is 2.29. The van der Waals surface area contributed by atoms with Crippen molar-refractivity contribution in [3.8, 4) is 0 Å². The number of hydrogen-bond acceptors (Lipinski definition) is 6. The first kappa shape index (κ1) is 18.9. The van der Waals surface area contributed by atoms with Gasteiger partial charge in [0.2, 0.25) is 5.91 Å². The predicted octanol–water partition coefficient (Wildman–Crippen LogP) is 2.81. The van der Waals surface area contributed by atoms with Gasteiger partial charge in [-0.2, -0.15) is 0 Å². The Morgan fingerprint density at radius 3 is 3.14 bits per heavy atom. The molecule has 3 aromatic rings. The molecule has 2 aliphatic carbocycles. The average Bonchev–Trinajstić information content (AvgIpc) is 3.45. The minimum Gasteiger partial charge on any atom is -0.351 e. The van der Waals surface area contributed by atoms with Gasteiger partial charge in [-0.3, -0.25) is 9.59 Å². The molecule has 0 aromatic carbocycles. The fourth-order valence-corrected chi connectivity index (χ4v) is 6.52. The molecular formula is C20H23N5O2S2. The van der Waals surface area contributed by atoms with Crippen molar-refractivity contribution in [2.45, 2.75) is 56.4 Å². The topological polar surface area (TPSA) is 92.7 Å². The second kappa shape index (κ2) is 7.95. The van der Waals surface area contributed by atoms with Crippen LogP contribution in [0.1, 0.15) is 48.0 Å². The van der Waals surface area contributed by atoms with Crippen LogP contribution in [0.5, 0.6) is 0 Å². The number of rotatable bonds is 6. The summed E-state index contributed by atoms with van der Waals surface area (Å²) in [6.07, 6.45) is 11.9. The molecule has 0 saturated heterocycles. The molecule has 2 unspecified atom stereocenters. The van der Waals surface area contributed by atoms with Gasteiger partial charge in [0, 0.05) is 23.3 Å². The van der Waals surface area contributed by atoms with Gasteiger partial charge in [0.25, 0.3) is 5.56 Å². The SMILES string of the molecule is O=C(CSCc1nc2sc3c(c2c(=O)[nH]1)CCC3)NC1CCCC1n1ccnc1. The molecule has 7 nitrogen and oxygen atoms in total. The summed E-state index contributed by atoms with van der Waals surface area (Å²) in [6, 6.07) is 0.438. The fraction of sp³-hybridized carbons (Fsp3) is 0.500. The lowest BCUT2D eigenvalue weighted by atomic mass is 10.1. The molecule has 5 rings (SSSR count). The minimum atomic E-state index is -0.0384. The lowest BCUT2D eigenvalue weighted by Gasteiger charge is -2.22. The van der Waals surface area contributed by atoms with E-state index in [0.29, 0.717) is 17.3 Å². The Kier molecular flexibility index (Phi) is 5.17.